The minimum atomic E-state index is -5.26. The van der Waals surface area contributed by atoms with Crippen molar-refractivity contribution in [2.75, 3.05) is 30.6 Å². The Balaban J connectivity index is 2.10. The Kier molecular flexibility index (Phi) is 5.12. The van der Waals surface area contributed by atoms with Gasteiger partial charge in [0.25, 0.3) is 5.91 Å². The molecule has 2 rings (SSSR count). The first-order valence-electron chi connectivity index (χ1n) is 6.74. The first-order valence-corrected chi connectivity index (χ1v) is 6.74. The zero-order valence-electron chi connectivity index (χ0n) is 12.5. The molecule has 8 nitrogen and oxygen atoms in total. The standard InChI is InChI=1S/C13H14F3N3O5/c1-7(20)19(24-12(21)13(14,15)16)11-2-9(17)10(3-18-11)23-6-8-4-22-5-8/h2-3,8H,4-6H2,1H3,(H2,17,18). The van der Waals surface area contributed by atoms with Crippen LogP contribution in [0.15, 0.2) is 12.3 Å². The molecule has 1 aliphatic heterocycles. The van der Waals surface area contributed by atoms with Crippen molar-refractivity contribution in [3.8, 4) is 5.75 Å². The molecule has 1 aliphatic rings. The highest BCUT2D eigenvalue weighted by Crippen LogP contribution is 2.27. The summed E-state index contributed by atoms with van der Waals surface area (Å²) in [6.07, 6.45) is -4.13. The maximum absolute atomic E-state index is 12.3. The zero-order valence-corrected chi connectivity index (χ0v) is 12.5. The molecule has 2 N–H and O–H groups in total. The summed E-state index contributed by atoms with van der Waals surface area (Å²) in [7, 11) is 0. The number of carbonyl (C=O) groups excluding carboxylic acids is 2. The van der Waals surface area contributed by atoms with E-state index in [9.17, 15) is 22.8 Å². The monoisotopic (exact) mass is 349 g/mol. The van der Waals surface area contributed by atoms with E-state index < -0.39 is 18.1 Å². The molecule has 11 heteroatoms. The number of nitrogens with two attached hydrogens (primary N) is 1. The summed E-state index contributed by atoms with van der Waals surface area (Å²) in [6, 6.07) is 1.07. The van der Waals surface area contributed by atoms with Gasteiger partial charge in [-0.25, -0.2) is 9.78 Å². The number of pyridine rings is 1. The highest BCUT2D eigenvalue weighted by molar-refractivity contribution is 5.92. The molecule has 0 aromatic carbocycles. The minimum Gasteiger partial charge on any atom is -0.489 e. The number of hydroxylamine groups is 1. The fourth-order valence-corrected chi connectivity index (χ4v) is 1.67. The van der Waals surface area contributed by atoms with Crippen molar-refractivity contribution in [2.45, 2.75) is 13.1 Å². The van der Waals surface area contributed by atoms with E-state index in [4.69, 9.17) is 15.2 Å². The van der Waals surface area contributed by atoms with Gasteiger partial charge in [0.2, 0.25) is 0 Å². The van der Waals surface area contributed by atoms with Crippen LogP contribution in [0.2, 0.25) is 0 Å². The van der Waals surface area contributed by atoms with Crippen LogP contribution in [0, 0.1) is 5.92 Å². The number of anilines is 2. The smallest absolute Gasteiger partial charge is 0.489 e. The van der Waals surface area contributed by atoms with Crippen LogP contribution in [0.1, 0.15) is 6.92 Å². The topological polar surface area (TPSA) is 104 Å². The van der Waals surface area contributed by atoms with Gasteiger partial charge >= 0.3 is 12.1 Å². The molecule has 1 amide bonds. The van der Waals surface area contributed by atoms with Crippen LogP contribution in [0.4, 0.5) is 24.7 Å². The number of hydrogen-bond donors (Lipinski definition) is 1. The van der Waals surface area contributed by atoms with E-state index in [0.29, 0.717) is 19.8 Å². The Hall–Kier alpha value is -2.56. The Morgan fingerprint density at radius 2 is 2.12 bits per heavy atom. The number of alkyl halides is 3. The van der Waals surface area contributed by atoms with Crippen molar-refractivity contribution in [3.05, 3.63) is 12.3 Å². The molecule has 0 bridgehead atoms. The number of nitrogens with zero attached hydrogens (tertiary/aromatic N) is 2. The molecular formula is C13H14F3N3O5. The van der Waals surface area contributed by atoms with Gasteiger partial charge in [0, 0.05) is 18.9 Å². The van der Waals surface area contributed by atoms with Gasteiger partial charge in [-0.05, 0) is 0 Å². The number of aromatic nitrogens is 1. The number of carbonyl (C=O) groups is 2. The van der Waals surface area contributed by atoms with Crippen molar-refractivity contribution in [3.63, 3.8) is 0 Å². The van der Waals surface area contributed by atoms with Crippen LogP contribution in [-0.4, -0.2) is 42.9 Å². The third-order valence-electron chi connectivity index (χ3n) is 2.96. The van der Waals surface area contributed by atoms with Crippen molar-refractivity contribution >= 4 is 23.4 Å². The van der Waals surface area contributed by atoms with E-state index in [1.165, 1.54) is 0 Å². The zero-order chi connectivity index (χ0) is 17.9. The Morgan fingerprint density at radius 3 is 2.58 bits per heavy atom. The number of halogens is 3. The number of hydrogen-bond acceptors (Lipinski definition) is 7. The van der Waals surface area contributed by atoms with E-state index in [-0.39, 0.29) is 28.2 Å². The average Bonchev–Trinajstić information content (AvgIpc) is 2.43. The summed E-state index contributed by atoms with van der Waals surface area (Å²) in [5.41, 5.74) is 5.75. The molecule has 0 spiro atoms. The van der Waals surface area contributed by atoms with E-state index in [0.717, 1.165) is 19.2 Å². The van der Waals surface area contributed by atoms with Crippen LogP contribution in [0.25, 0.3) is 0 Å². The highest BCUT2D eigenvalue weighted by Gasteiger charge is 2.43. The maximum atomic E-state index is 12.3. The van der Waals surface area contributed by atoms with Gasteiger partial charge in [-0.1, -0.05) is 0 Å². The molecular weight excluding hydrogens is 335 g/mol. The van der Waals surface area contributed by atoms with E-state index in [1.54, 1.807) is 0 Å². The second-order valence-corrected chi connectivity index (χ2v) is 4.98. The summed E-state index contributed by atoms with van der Waals surface area (Å²) in [5.74, 6) is -3.50. The number of amides is 1. The van der Waals surface area contributed by atoms with Crippen LogP contribution in [-0.2, 0) is 19.2 Å². The summed E-state index contributed by atoms with van der Waals surface area (Å²) in [6.45, 7) is 2.38. The van der Waals surface area contributed by atoms with Crippen molar-refractivity contribution in [2.24, 2.45) is 5.92 Å². The number of ether oxygens (including phenoxy) is 2. The van der Waals surface area contributed by atoms with Crippen molar-refractivity contribution in [1.82, 2.24) is 4.98 Å². The van der Waals surface area contributed by atoms with E-state index in [2.05, 4.69) is 9.82 Å². The second kappa shape index (κ2) is 6.91. The summed E-state index contributed by atoms with van der Waals surface area (Å²) in [5, 5.41) is 0.107. The Bertz CT molecular complexity index is 634. The van der Waals surface area contributed by atoms with Crippen molar-refractivity contribution < 1.29 is 37.1 Å². The van der Waals surface area contributed by atoms with Crippen LogP contribution in [0.5, 0.6) is 5.75 Å². The lowest BCUT2D eigenvalue weighted by Crippen LogP contribution is -2.38. The molecule has 0 saturated carbocycles. The third kappa shape index (κ3) is 4.25. The van der Waals surface area contributed by atoms with Gasteiger partial charge in [0.05, 0.1) is 31.7 Å². The fraction of sp³-hybridized carbons (Fsp3) is 0.462. The van der Waals surface area contributed by atoms with E-state index in [1.807, 2.05) is 0 Å². The lowest BCUT2D eigenvalue weighted by Gasteiger charge is -2.26. The molecule has 1 saturated heterocycles. The minimum absolute atomic E-state index is 0.0227. The van der Waals surface area contributed by atoms with Crippen LogP contribution < -0.4 is 15.5 Å². The summed E-state index contributed by atoms with van der Waals surface area (Å²) >= 11 is 0. The SMILES string of the molecule is CC(=O)N(OC(=O)C(F)(F)F)c1cc(N)c(OCC2COC2)cn1. The number of rotatable bonds is 4. The van der Waals surface area contributed by atoms with Gasteiger partial charge in [0.1, 0.15) is 0 Å². The van der Waals surface area contributed by atoms with Gasteiger partial charge in [0.15, 0.2) is 11.6 Å². The molecule has 2 heterocycles. The van der Waals surface area contributed by atoms with Gasteiger partial charge in [-0.2, -0.15) is 13.2 Å². The fourth-order valence-electron chi connectivity index (χ4n) is 1.67. The molecule has 1 aromatic rings. The second-order valence-electron chi connectivity index (χ2n) is 4.98. The van der Waals surface area contributed by atoms with Gasteiger partial charge in [-0.15, -0.1) is 5.06 Å². The van der Waals surface area contributed by atoms with Gasteiger partial charge in [-0.3, -0.25) is 4.79 Å². The molecule has 1 aromatic heterocycles. The number of nitrogen functional groups attached to an aromatic ring is 1. The lowest BCUT2D eigenvalue weighted by atomic mass is 10.1. The Labute approximate surface area is 134 Å². The molecule has 0 unspecified atom stereocenters. The molecule has 1 fully saturated rings. The van der Waals surface area contributed by atoms with Crippen LogP contribution >= 0.6 is 0 Å². The average molecular weight is 349 g/mol. The summed E-state index contributed by atoms with van der Waals surface area (Å²) in [4.78, 5) is 30.1. The molecule has 0 aliphatic carbocycles. The molecule has 24 heavy (non-hydrogen) atoms. The lowest BCUT2D eigenvalue weighted by molar-refractivity contribution is -0.201. The predicted octanol–water partition coefficient (Wildman–Crippen LogP) is 1.06. The quantitative estimate of drug-likeness (QED) is 0.811. The molecule has 0 atom stereocenters. The van der Waals surface area contributed by atoms with E-state index >= 15 is 0 Å². The molecule has 0 radical (unpaired) electrons. The third-order valence-corrected chi connectivity index (χ3v) is 2.96. The first kappa shape index (κ1) is 17.8. The maximum Gasteiger partial charge on any atom is 0.493 e. The Morgan fingerprint density at radius 1 is 1.46 bits per heavy atom. The predicted molar refractivity (Wildman–Crippen MR) is 73.8 cm³/mol. The first-order chi connectivity index (χ1) is 11.2. The highest BCUT2D eigenvalue weighted by atomic mass is 19.4. The largest absolute Gasteiger partial charge is 0.493 e. The summed E-state index contributed by atoms with van der Waals surface area (Å²) < 4.78 is 47.2. The van der Waals surface area contributed by atoms with Crippen molar-refractivity contribution in [1.29, 1.82) is 0 Å². The molecule has 132 valence electrons. The van der Waals surface area contributed by atoms with Crippen LogP contribution in [0.3, 0.4) is 0 Å². The van der Waals surface area contributed by atoms with Gasteiger partial charge < -0.3 is 20.0 Å². The normalized spacial score (nSPS) is 14.7.